The summed E-state index contributed by atoms with van der Waals surface area (Å²) in [5, 5.41) is 1.04. The number of rotatable bonds is 5. The van der Waals surface area contributed by atoms with Crippen LogP contribution in [0.5, 0.6) is 5.75 Å². The van der Waals surface area contributed by atoms with Crippen molar-refractivity contribution in [1.29, 1.82) is 0 Å². The van der Waals surface area contributed by atoms with E-state index in [0.717, 1.165) is 44.7 Å². The van der Waals surface area contributed by atoms with Crippen molar-refractivity contribution in [2.45, 2.75) is 41.5 Å². The average Bonchev–Trinajstić information content (AvgIpc) is 3.04. The Balaban J connectivity index is 1.85. The molecule has 0 radical (unpaired) electrons. The molecule has 2 amide bonds. The Morgan fingerprint density at radius 1 is 1.03 bits per heavy atom. The third kappa shape index (κ3) is 4.55. The quantitative estimate of drug-likeness (QED) is 0.658. The highest BCUT2D eigenvalue weighted by Crippen LogP contribution is 2.38. The fourth-order valence-electron chi connectivity index (χ4n) is 3.91. The minimum Gasteiger partial charge on any atom is -0.493 e. The first-order chi connectivity index (χ1) is 14.8. The third-order valence-corrected chi connectivity index (χ3v) is 5.82. The van der Waals surface area contributed by atoms with Gasteiger partial charge in [0, 0.05) is 48.8 Å². The van der Waals surface area contributed by atoms with Crippen molar-refractivity contribution < 1.29 is 23.5 Å². The molecule has 1 aromatic heterocycles. The van der Waals surface area contributed by atoms with Gasteiger partial charge in [-0.15, -0.1) is 0 Å². The van der Waals surface area contributed by atoms with Crippen LogP contribution in [0.2, 0.25) is 0 Å². The van der Waals surface area contributed by atoms with E-state index < -0.39 is 0 Å². The lowest BCUT2D eigenvalue weighted by Gasteiger charge is -2.33. The Hall–Kier alpha value is -2.96. The van der Waals surface area contributed by atoms with Crippen molar-refractivity contribution in [3.63, 3.8) is 0 Å². The minimum atomic E-state index is -0.322. The second kappa shape index (κ2) is 9.45. The van der Waals surface area contributed by atoms with Crippen LogP contribution in [0.15, 0.2) is 16.6 Å². The molecule has 1 aliphatic heterocycles. The molecule has 0 unspecified atom stereocenters. The van der Waals surface area contributed by atoms with Gasteiger partial charge in [0.05, 0.1) is 13.2 Å². The van der Waals surface area contributed by atoms with Gasteiger partial charge < -0.3 is 23.7 Å². The van der Waals surface area contributed by atoms with Crippen LogP contribution in [0.1, 0.15) is 43.2 Å². The molecule has 2 aromatic rings. The highest BCUT2D eigenvalue weighted by Gasteiger charge is 2.25. The molecule has 2 heterocycles. The molecule has 7 heteroatoms. The van der Waals surface area contributed by atoms with Crippen molar-refractivity contribution >= 4 is 28.5 Å². The molecule has 1 fully saturated rings. The lowest BCUT2D eigenvalue weighted by atomic mass is 9.98. The SMILES string of the molecule is CCOC(=O)N1CCN(C(=O)/C=C(\C)c2cc3c(C)c(C)oc3c(C)c2OCC)CC1. The number of ether oxygens (including phenoxy) is 2. The molecule has 0 saturated carbocycles. The number of allylic oxidation sites excluding steroid dienone is 1. The van der Waals surface area contributed by atoms with Crippen molar-refractivity contribution in [1.82, 2.24) is 9.80 Å². The molecule has 0 N–H and O–H groups in total. The molecule has 168 valence electrons. The average molecular weight is 429 g/mol. The van der Waals surface area contributed by atoms with Gasteiger partial charge >= 0.3 is 6.09 Å². The second-order valence-corrected chi connectivity index (χ2v) is 7.81. The molecule has 0 spiro atoms. The van der Waals surface area contributed by atoms with Crippen molar-refractivity contribution in [3.8, 4) is 5.75 Å². The smallest absolute Gasteiger partial charge is 0.409 e. The monoisotopic (exact) mass is 428 g/mol. The van der Waals surface area contributed by atoms with Crippen LogP contribution in [0.25, 0.3) is 16.5 Å². The summed E-state index contributed by atoms with van der Waals surface area (Å²) in [6.07, 6.45) is 1.34. The van der Waals surface area contributed by atoms with Crippen LogP contribution < -0.4 is 4.74 Å². The summed E-state index contributed by atoms with van der Waals surface area (Å²) >= 11 is 0. The van der Waals surface area contributed by atoms with Crippen LogP contribution in [0.4, 0.5) is 4.79 Å². The number of nitrogens with zero attached hydrogens (tertiary/aromatic N) is 2. The van der Waals surface area contributed by atoms with Gasteiger partial charge in [-0.2, -0.15) is 0 Å². The number of carbonyl (C=O) groups is 2. The van der Waals surface area contributed by atoms with Gasteiger partial charge in [0.2, 0.25) is 5.91 Å². The summed E-state index contributed by atoms with van der Waals surface area (Å²) < 4.78 is 17.0. The van der Waals surface area contributed by atoms with Crippen LogP contribution in [0.3, 0.4) is 0 Å². The Kier molecular flexibility index (Phi) is 6.93. The number of benzene rings is 1. The topological polar surface area (TPSA) is 72.2 Å². The maximum absolute atomic E-state index is 12.9. The fourth-order valence-corrected chi connectivity index (χ4v) is 3.91. The molecule has 1 aromatic carbocycles. The normalized spacial score (nSPS) is 14.8. The summed E-state index contributed by atoms with van der Waals surface area (Å²) in [4.78, 5) is 28.2. The summed E-state index contributed by atoms with van der Waals surface area (Å²) in [6.45, 7) is 14.4. The molecule has 1 aliphatic rings. The summed E-state index contributed by atoms with van der Waals surface area (Å²) in [5.41, 5.74) is 4.60. The lowest BCUT2D eigenvalue weighted by molar-refractivity contribution is -0.127. The molecular formula is C24H32N2O5. The van der Waals surface area contributed by atoms with E-state index in [2.05, 4.69) is 6.07 Å². The maximum atomic E-state index is 12.9. The molecule has 1 saturated heterocycles. The van der Waals surface area contributed by atoms with Gasteiger partial charge in [0.15, 0.2) is 0 Å². The zero-order valence-electron chi connectivity index (χ0n) is 19.3. The lowest BCUT2D eigenvalue weighted by Crippen LogP contribution is -2.50. The number of amides is 2. The number of piperazine rings is 1. The standard InChI is InChI=1S/C24H32N2O5/c1-7-29-22-17(5)23-20(16(4)18(6)31-23)14-19(22)15(3)13-21(27)25-9-11-26(12-10-25)24(28)30-8-2/h13-14H,7-12H2,1-6H3/b15-13+. The summed E-state index contributed by atoms with van der Waals surface area (Å²) in [6, 6.07) is 2.05. The molecule has 0 aliphatic carbocycles. The number of hydrogen-bond acceptors (Lipinski definition) is 5. The Morgan fingerprint density at radius 3 is 2.29 bits per heavy atom. The van der Waals surface area contributed by atoms with Crippen LogP contribution in [-0.4, -0.2) is 61.2 Å². The van der Waals surface area contributed by atoms with E-state index in [0.29, 0.717) is 39.4 Å². The summed E-state index contributed by atoms with van der Waals surface area (Å²) in [7, 11) is 0. The number of aryl methyl sites for hydroxylation is 3. The predicted octanol–water partition coefficient (Wildman–Crippen LogP) is 4.46. The third-order valence-electron chi connectivity index (χ3n) is 5.82. The Labute approximate surface area is 183 Å². The maximum Gasteiger partial charge on any atom is 0.409 e. The number of furan rings is 1. The highest BCUT2D eigenvalue weighted by molar-refractivity contribution is 5.98. The van der Waals surface area contributed by atoms with E-state index in [1.165, 1.54) is 0 Å². The first-order valence-corrected chi connectivity index (χ1v) is 10.8. The number of carbonyl (C=O) groups excluding carboxylic acids is 2. The fraction of sp³-hybridized carbons (Fsp3) is 0.500. The van der Waals surface area contributed by atoms with Gasteiger partial charge in [-0.1, -0.05) is 0 Å². The number of hydrogen-bond donors (Lipinski definition) is 0. The predicted molar refractivity (Wildman–Crippen MR) is 120 cm³/mol. The zero-order valence-corrected chi connectivity index (χ0v) is 19.3. The van der Waals surface area contributed by atoms with Crippen LogP contribution in [0, 0.1) is 20.8 Å². The first-order valence-electron chi connectivity index (χ1n) is 10.8. The van der Waals surface area contributed by atoms with Crippen molar-refractivity contribution in [2.75, 3.05) is 39.4 Å². The van der Waals surface area contributed by atoms with E-state index in [9.17, 15) is 9.59 Å². The molecule has 3 rings (SSSR count). The molecule has 0 atom stereocenters. The van der Waals surface area contributed by atoms with Crippen molar-refractivity contribution in [2.24, 2.45) is 0 Å². The van der Waals surface area contributed by atoms with Gasteiger partial charge in [0.1, 0.15) is 17.1 Å². The van der Waals surface area contributed by atoms with E-state index in [1.54, 1.807) is 22.8 Å². The van der Waals surface area contributed by atoms with Crippen molar-refractivity contribution in [3.05, 3.63) is 34.6 Å². The number of fused-ring (bicyclic) bond motifs is 1. The van der Waals surface area contributed by atoms with E-state index in [1.807, 2.05) is 34.6 Å². The van der Waals surface area contributed by atoms with E-state index >= 15 is 0 Å². The first kappa shape index (κ1) is 22.7. The largest absolute Gasteiger partial charge is 0.493 e. The Bertz CT molecular complexity index is 1010. The minimum absolute atomic E-state index is 0.0682. The zero-order chi connectivity index (χ0) is 22.7. The van der Waals surface area contributed by atoms with Gasteiger partial charge in [-0.05, 0) is 58.7 Å². The van der Waals surface area contributed by atoms with E-state index in [4.69, 9.17) is 13.9 Å². The van der Waals surface area contributed by atoms with Gasteiger partial charge in [-0.25, -0.2) is 4.79 Å². The molecule has 7 nitrogen and oxygen atoms in total. The van der Waals surface area contributed by atoms with Gasteiger partial charge in [-0.3, -0.25) is 4.79 Å². The summed E-state index contributed by atoms with van der Waals surface area (Å²) in [5.74, 6) is 1.56. The Morgan fingerprint density at radius 2 is 1.68 bits per heavy atom. The highest BCUT2D eigenvalue weighted by atomic mass is 16.6. The van der Waals surface area contributed by atoms with Crippen LogP contribution >= 0.6 is 0 Å². The molecule has 31 heavy (non-hydrogen) atoms. The second-order valence-electron chi connectivity index (χ2n) is 7.81. The van der Waals surface area contributed by atoms with Gasteiger partial charge in [0.25, 0.3) is 0 Å². The van der Waals surface area contributed by atoms with E-state index in [-0.39, 0.29) is 12.0 Å². The molecule has 0 bridgehead atoms. The van der Waals surface area contributed by atoms with Crippen LogP contribution in [-0.2, 0) is 9.53 Å². The molecular weight excluding hydrogens is 396 g/mol.